The average molecular weight is 279 g/mol. The Morgan fingerprint density at radius 3 is 2.53 bits per heavy atom. The molecule has 0 aromatic heterocycles. The van der Waals surface area contributed by atoms with Crippen LogP contribution >= 0.6 is 12.6 Å². The molecule has 0 spiro atoms. The summed E-state index contributed by atoms with van der Waals surface area (Å²) in [5.41, 5.74) is 0.293. The van der Waals surface area contributed by atoms with Crippen LogP contribution in [0.4, 0.5) is 14.5 Å². The smallest absolute Gasteiger partial charge is 0.256 e. The first kappa shape index (κ1) is 13.5. The lowest BCUT2D eigenvalue weighted by Crippen LogP contribution is -2.14. The van der Waals surface area contributed by atoms with E-state index in [0.717, 1.165) is 12.1 Å². The van der Waals surface area contributed by atoms with Crippen LogP contribution in [0, 0.1) is 18.6 Å². The van der Waals surface area contributed by atoms with E-state index in [0.29, 0.717) is 10.5 Å². The lowest BCUT2D eigenvalue weighted by atomic mass is 10.1. The van der Waals surface area contributed by atoms with E-state index in [-0.39, 0.29) is 11.3 Å². The molecule has 0 unspecified atom stereocenters. The highest BCUT2D eigenvalue weighted by Crippen LogP contribution is 2.21. The van der Waals surface area contributed by atoms with E-state index in [2.05, 4.69) is 17.9 Å². The molecular formula is C14H11F2NOS. The fourth-order valence-electron chi connectivity index (χ4n) is 1.60. The average Bonchev–Trinajstić information content (AvgIpc) is 2.36. The highest BCUT2D eigenvalue weighted by atomic mass is 32.1. The van der Waals surface area contributed by atoms with Gasteiger partial charge < -0.3 is 5.32 Å². The first-order chi connectivity index (χ1) is 8.99. The minimum Gasteiger partial charge on any atom is -0.319 e. The van der Waals surface area contributed by atoms with Gasteiger partial charge in [0.25, 0.3) is 5.91 Å². The molecule has 2 nitrogen and oxygen atoms in total. The maximum absolute atomic E-state index is 13.6. The summed E-state index contributed by atoms with van der Waals surface area (Å²) in [6.45, 7) is 1.45. The van der Waals surface area contributed by atoms with Crippen molar-refractivity contribution < 1.29 is 13.6 Å². The number of nitrogens with one attached hydrogen (secondary N) is 1. The lowest BCUT2D eigenvalue weighted by Gasteiger charge is -2.09. The van der Waals surface area contributed by atoms with E-state index in [1.165, 1.54) is 6.92 Å². The molecule has 98 valence electrons. The van der Waals surface area contributed by atoms with E-state index in [1.54, 1.807) is 24.3 Å². The molecule has 0 aliphatic heterocycles. The van der Waals surface area contributed by atoms with Crippen molar-refractivity contribution in [3.8, 4) is 0 Å². The van der Waals surface area contributed by atoms with E-state index in [1.807, 2.05) is 0 Å². The Bertz CT molecular complexity index is 643. The minimum atomic E-state index is -0.677. The van der Waals surface area contributed by atoms with E-state index < -0.39 is 17.5 Å². The van der Waals surface area contributed by atoms with Crippen LogP contribution < -0.4 is 5.32 Å². The molecule has 0 saturated carbocycles. The molecule has 0 atom stereocenters. The molecule has 0 heterocycles. The van der Waals surface area contributed by atoms with Gasteiger partial charge in [-0.05, 0) is 30.7 Å². The van der Waals surface area contributed by atoms with Gasteiger partial charge in [-0.25, -0.2) is 8.78 Å². The zero-order valence-electron chi connectivity index (χ0n) is 10.1. The molecule has 0 fully saturated rings. The Morgan fingerprint density at radius 1 is 1.16 bits per heavy atom. The van der Waals surface area contributed by atoms with Crippen molar-refractivity contribution in [1.29, 1.82) is 0 Å². The number of halogens is 2. The number of benzene rings is 2. The van der Waals surface area contributed by atoms with Gasteiger partial charge in [-0.3, -0.25) is 4.79 Å². The summed E-state index contributed by atoms with van der Waals surface area (Å²) in [5.74, 6) is -1.78. The Labute approximate surface area is 114 Å². The fraction of sp³-hybridized carbons (Fsp3) is 0.0714. The van der Waals surface area contributed by atoms with Crippen LogP contribution in [-0.4, -0.2) is 5.91 Å². The summed E-state index contributed by atoms with van der Waals surface area (Å²) < 4.78 is 27.0. The lowest BCUT2D eigenvalue weighted by molar-refractivity contribution is 0.102. The van der Waals surface area contributed by atoms with Crippen molar-refractivity contribution in [3.63, 3.8) is 0 Å². The fourth-order valence-corrected chi connectivity index (χ4v) is 1.86. The summed E-state index contributed by atoms with van der Waals surface area (Å²) >= 11 is 4.14. The minimum absolute atomic E-state index is 0.185. The van der Waals surface area contributed by atoms with Gasteiger partial charge in [-0.1, -0.05) is 12.1 Å². The van der Waals surface area contributed by atoms with Crippen LogP contribution in [0.3, 0.4) is 0 Å². The molecule has 0 aliphatic rings. The topological polar surface area (TPSA) is 29.1 Å². The molecule has 0 aliphatic carbocycles. The molecule has 2 rings (SSSR count). The zero-order chi connectivity index (χ0) is 14.0. The summed E-state index contributed by atoms with van der Waals surface area (Å²) in [6.07, 6.45) is 0. The number of carbonyl (C=O) groups is 1. The number of amides is 1. The number of anilines is 1. The van der Waals surface area contributed by atoms with Crippen LogP contribution in [-0.2, 0) is 0 Å². The first-order valence-electron chi connectivity index (χ1n) is 5.54. The number of aryl methyl sites for hydroxylation is 1. The van der Waals surface area contributed by atoms with Gasteiger partial charge in [0.15, 0.2) is 0 Å². The third-order valence-electron chi connectivity index (χ3n) is 2.65. The molecule has 0 bridgehead atoms. The van der Waals surface area contributed by atoms with Gasteiger partial charge in [0, 0.05) is 11.0 Å². The molecule has 2 aromatic rings. The van der Waals surface area contributed by atoms with Gasteiger partial charge >= 0.3 is 0 Å². The predicted molar refractivity (Wildman–Crippen MR) is 72.7 cm³/mol. The largest absolute Gasteiger partial charge is 0.319 e. The summed E-state index contributed by atoms with van der Waals surface area (Å²) in [7, 11) is 0. The molecule has 1 amide bonds. The summed E-state index contributed by atoms with van der Waals surface area (Å²) in [5, 5.41) is 2.33. The number of carbonyl (C=O) groups excluding carboxylic acids is 1. The van der Waals surface area contributed by atoms with E-state index in [9.17, 15) is 13.6 Å². The Hall–Kier alpha value is -1.88. The normalized spacial score (nSPS) is 10.3. The number of thiol groups is 1. The second kappa shape index (κ2) is 5.40. The SMILES string of the molecule is Cc1cc(F)c(NC(=O)c2ccccc2S)cc1F. The maximum atomic E-state index is 13.6. The second-order valence-electron chi connectivity index (χ2n) is 4.05. The molecular weight excluding hydrogens is 268 g/mol. The van der Waals surface area contributed by atoms with Crippen molar-refractivity contribution in [3.05, 3.63) is 59.2 Å². The Morgan fingerprint density at radius 2 is 1.84 bits per heavy atom. The second-order valence-corrected chi connectivity index (χ2v) is 4.53. The first-order valence-corrected chi connectivity index (χ1v) is 5.98. The van der Waals surface area contributed by atoms with Crippen molar-refractivity contribution in [2.75, 3.05) is 5.32 Å². The van der Waals surface area contributed by atoms with Crippen LogP contribution in [0.2, 0.25) is 0 Å². The van der Waals surface area contributed by atoms with Gasteiger partial charge in [0.05, 0.1) is 11.3 Å². The van der Waals surface area contributed by atoms with Crippen molar-refractivity contribution in [2.24, 2.45) is 0 Å². The molecule has 19 heavy (non-hydrogen) atoms. The number of rotatable bonds is 2. The van der Waals surface area contributed by atoms with Crippen LogP contribution in [0.15, 0.2) is 41.3 Å². The summed E-state index contributed by atoms with van der Waals surface area (Å²) in [6, 6.07) is 8.59. The van der Waals surface area contributed by atoms with Crippen LogP contribution in [0.1, 0.15) is 15.9 Å². The maximum Gasteiger partial charge on any atom is 0.256 e. The predicted octanol–water partition coefficient (Wildman–Crippen LogP) is 3.81. The van der Waals surface area contributed by atoms with Gasteiger partial charge in [-0.2, -0.15) is 0 Å². The molecule has 0 radical (unpaired) electrons. The highest BCUT2D eigenvalue weighted by Gasteiger charge is 2.13. The molecule has 0 saturated heterocycles. The third-order valence-corrected chi connectivity index (χ3v) is 3.04. The summed E-state index contributed by atoms with van der Waals surface area (Å²) in [4.78, 5) is 12.4. The quantitative estimate of drug-likeness (QED) is 0.804. The molecule has 2 aromatic carbocycles. The Kier molecular flexibility index (Phi) is 3.85. The van der Waals surface area contributed by atoms with Gasteiger partial charge in [0.2, 0.25) is 0 Å². The van der Waals surface area contributed by atoms with Crippen molar-refractivity contribution in [1.82, 2.24) is 0 Å². The van der Waals surface area contributed by atoms with Crippen LogP contribution in [0.25, 0.3) is 0 Å². The zero-order valence-corrected chi connectivity index (χ0v) is 11.0. The molecule has 1 N–H and O–H groups in total. The van der Waals surface area contributed by atoms with Crippen molar-refractivity contribution in [2.45, 2.75) is 11.8 Å². The Balaban J connectivity index is 2.30. The van der Waals surface area contributed by atoms with Gasteiger partial charge in [-0.15, -0.1) is 12.6 Å². The van der Waals surface area contributed by atoms with Crippen LogP contribution in [0.5, 0.6) is 0 Å². The highest BCUT2D eigenvalue weighted by molar-refractivity contribution is 7.80. The van der Waals surface area contributed by atoms with E-state index in [4.69, 9.17) is 0 Å². The third kappa shape index (κ3) is 2.93. The standard InChI is InChI=1S/C14H11F2NOS/c1-8-6-11(16)12(7-10(8)15)17-14(18)9-4-2-3-5-13(9)19/h2-7,19H,1H3,(H,17,18). The number of hydrogen-bond acceptors (Lipinski definition) is 2. The number of hydrogen-bond donors (Lipinski definition) is 2. The molecule has 5 heteroatoms. The van der Waals surface area contributed by atoms with Crippen molar-refractivity contribution >= 4 is 24.2 Å². The van der Waals surface area contributed by atoms with Gasteiger partial charge in [0.1, 0.15) is 11.6 Å². The monoisotopic (exact) mass is 279 g/mol. The van der Waals surface area contributed by atoms with E-state index >= 15 is 0 Å².